The molecule has 0 radical (unpaired) electrons. The van der Waals surface area contributed by atoms with Crippen molar-refractivity contribution < 1.29 is 18.3 Å². The van der Waals surface area contributed by atoms with Gasteiger partial charge in [-0.2, -0.15) is 18.3 Å². The molecule has 1 aromatic heterocycles. The Hall–Kier alpha value is -2.26. The van der Waals surface area contributed by atoms with Crippen LogP contribution in [-0.4, -0.2) is 57.5 Å². The van der Waals surface area contributed by atoms with Crippen LogP contribution in [0.4, 0.5) is 19.1 Å². The minimum atomic E-state index is -4.36. The van der Waals surface area contributed by atoms with Gasteiger partial charge in [-0.05, 0) is 25.0 Å². The van der Waals surface area contributed by atoms with Gasteiger partial charge >= 0.3 is 6.18 Å². The summed E-state index contributed by atoms with van der Waals surface area (Å²) < 4.78 is 37.9. The van der Waals surface area contributed by atoms with Crippen LogP contribution < -0.4 is 5.32 Å². The van der Waals surface area contributed by atoms with Crippen molar-refractivity contribution >= 4 is 5.95 Å². The third-order valence-electron chi connectivity index (χ3n) is 4.34. The monoisotopic (exact) mass is 367 g/mol. The van der Waals surface area contributed by atoms with Crippen LogP contribution in [0.3, 0.4) is 0 Å². The van der Waals surface area contributed by atoms with Crippen LogP contribution in [-0.2, 0) is 6.18 Å². The number of hydrogen-bond acceptors (Lipinski definition) is 6. The molecule has 0 saturated carbocycles. The lowest BCUT2D eigenvalue weighted by Crippen LogP contribution is -2.38. The largest absolute Gasteiger partial charge is 0.416 e. The summed E-state index contributed by atoms with van der Waals surface area (Å²) >= 11 is 0. The minimum absolute atomic E-state index is 0.202. The van der Waals surface area contributed by atoms with Crippen molar-refractivity contribution in [3.8, 4) is 11.3 Å². The maximum atomic E-state index is 12.6. The number of piperidine rings is 1. The molecule has 9 heteroatoms. The molecule has 0 atom stereocenters. The van der Waals surface area contributed by atoms with Gasteiger partial charge in [0.1, 0.15) is 0 Å². The lowest BCUT2D eigenvalue weighted by molar-refractivity contribution is -0.137. The van der Waals surface area contributed by atoms with Gasteiger partial charge in [-0.25, -0.2) is 4.98 Å². The number of alkyl halides is 3. The first-order valence-corrected chi connectivity index (χ1v) is 8.43. The highest BCUT2D eigenvalue weighted by Gasteiger charge is 2.30. The van der Waals surface area contributed by atoms with Crippen molar-refractivity contribution in [1.29, 1.82) is 0 Å². The van der Waals surface area contributed by atoms with Crippen molar-refractivity contribution in [3.63, 3.8) is 0 Å². The van der Waals surface area contributed by atoms with E-state index >= 15 is 0 Å². The number of hydrogen-bond donors (Lipinski definition) is 2. The highest BCUT2D eigenvalue weighted by atomic mass is 19.4. The molecule has 0 spiro atoms. The maximum Gasteiger partial charge on any atom is 0.416 e. The number of aliphatic hydroxyl groups is 1. The molecule has 2 N–H and O–H groups in total. The Morgan fingerprint density at radius 1 is 1.15 bits per heavy atom. The van der Waals surface area contributed by atoms with Gasteiger partial charge in [0.05, 0.1) is 23.6 Å². The van der Waals surface area contributed by atoms with E-state index in [4.69, 9.17) is 0 Å². The van der Waals surface area contributed by atoms with E-state index in [1.54, 1.807) is 0 Å². The second kappa shape index (κ2) is 7.96. The van der Waals surface area contributed by atoms with Crippen LogP contribution >= 0.6 is 0 Å². The molecule has 0 amide bonds. The molecule has 0 bridgehead atoms. The van der Waals surface area contributed by atoms with E-state index in [9.17, 15) is 18.3 Å². The Bertz CT molecular complexity index is 715. The van der Waals surface area contributed by atoms with E-state index in [0.717, 1.165) is 44.6 Å². The van der Waals surface area contributed by atoms with Gasteiger partial charge < -0.3 is 15.3 Å². The average Bonchev–Trinajstić information content (AvgIpc) is 2.63. The van der Waals surface area contributed by atoms with Crippen LogP contribution in [0.5, 0.6) is 0 Å². The summed E-state index contributed by atoms with van der Waals surface area (Å²) in [6, 6.07) is 4.79. The second-order valence-corrected chi connectivity index (χ2v) is 6.24. The number of rotatable bonds is 5. The molecule has 1 aliphatic rings. The Morgan fingerprint density at radius 2 is 1.85 bits per heavy atom. The molecule has 0 aliphatic carbocycles. The summed E-state index contributed by atoms with van der Waals surface area (Å²) in [7, 11) is 0. The van der Waals surface area contributed by atoms with E-state index < -0.39 is 11.7 Å². The molecule has 2 aromatic rings. The Labute approximate surface area is 149 Å². The molecular weight excluding hydrogens is 347 g/mol. The first kappa shape index (κ1) is 18.5. The standard InChI is InChI=1S/C17H20F3N5O/c18-17(19,20)13-3-1-12(2-4-13)15-11-22-24-16(23-15)21-7-10-25-8-5-14(26)6-9-25/h1-4,11,14,26H,5-10H2,(H,21,23,24). The van der Waals surface area contributed by atoms with Crippen molar-refractivity contribution in [3.05, 3.63) is 36.0 Å². The number of anilines is 1. The molecule has 26 heavy (non-hydrogen) atoms. The smallest absolute Gasteiger partial charge is 0.393 e. The molecular formula is C17H20F3N5O. The quantitative estimate of drug-likeness (QED) is 0.846. The van der Waals surface area contributed by atoms with Gasteiger partial charge in [-0.15, -0.1) is 5.10 Å². The van der Waals surface area contributed by atoms with Gasteiger partial charge in [0, 0.05) is 31.7 Å². The zero-order valence-electron chi connectivity index (χ0n) is 14.1. The number of aliphatic hydroxyl groups excluding tert-OH is 1. The summed E-state index contributed by atoms with van der Waals surface area (Å²) in [5, 5.41) is 20.3. The van der Waals surface area contributed by atoms with Crippen molar-refractivity contribution in [1.82, 2.24) is 20.1 Å². The van der Waals surface area contributed by atoms with E-state index in [0.29, 0.717) is 23.8 Å². The van der Waals surface area contributed by atoms with Gasteiger partial charge in [-0.3, -0.25) is 0 Å². The molecule has 1 aromatic carbocycles. The van der Waals surface area contributed by atoms with Crippen molar-refractivity contribution in [2.45, 2.75) is 25.1 Å². The van der Waals surface area contributed by atoms with Crippen LogP contribution in [0.15, 0.2) is 30.5 Å². The predicted molar refractivity (Wildman–Crippen MR) is 90.4 cm³/mol. The van der Waals surface area contributed by atoms with Gasteiger partial charge in [0.2, 0.25) is 5.95 Å². The summed E-state index contributed by atoms with van der Waals surface area (Å²) in [4.78, 5) is 6.55. The third-order valence-corrected chi connectivity index (χ3v) is 4.34. The van der Waals surface area contributed by atoms with E-state index in [-0.39, 0.29) is 6.10 Å². The summed E-state index contributed by atoms with van der Waals surface area (Å²) in [5.41, 5.74) is 0.298. The number of nitrogens with zero attached hydrogens (tertiary/aromatic N) is 4. The fraction of sp³-hybridized carbons (Fsp3) is 0.471. The second-order valence-electron chi connectivity index (χ2n) is 6.24. The van der Waals surface area contributed by atoms with Crippen molar-refractivity contribution in [2.75, 3.05) is 31.5 Å². The number of nitrogens with one attached hydrogen (secondary N) is 1. The fourth-order valence-electron chi connectivity index (χ4n) is 2.82. The number of halogens is 3. The van der Waals surface area contributed by atoms with E-state index in [2.05, 4.69) is 25.4 Å². The number of likely N-dealkylation sites (tertiary alicyclic amines) is 1. The van der Waals surface area contributed by atoms with E-state index in [1.165, 1.54) is 18.3 Å². The predicted octanol–water partition coefficient (Wildman–Crippen LogP) is 2.43. The lowest BCUT2D eigenvalue weighted by atomic mass is 10.1. The summed E-state index contributed by atoms with van der Waals surface area (Å²) in [5.74, 6) is 0.333. The molecule has 140 valence electrons. The molecule has 1 fully saturated rings. The lowest BCUT2D eigenvalue weighted by Gasteiger charge is -2.29. The average molecular weight is 367 g/mol. The third kappa shape index (κ3) is 4.89. The molecule has 1 aliphatic heterocycles. The van der Waals surface area contributed by atoms with E-state index in [1.807, 2.05) is 0 Å². The summed E-state index contributed by atoms with van der Waals surface area (Å²) in [6.07, 6.45) is -1.59. The zero-order chi connectivity index (χ0) is 18.6. The van der Waals surface area contributed by atoms with Crippen LogP contribution in [0.25, 0.3) is 11.3 Å². The number of benzene rings is 1. The SMILES string of the molecule is OC1CCN(CCNc2nncc(-c3ccc(C(F)(F)F)cc3)n2)CC1. The molecule has 3 rings (SSSR count). The van der Waals surface area contributed by atoms with Gasteiger partial charge in [-0.1, -0.05) is 12.1 Å². The van der Waals surface area contributed by atoms with Crippen LogP contribution in [0, 0.1) is 0 Å². The Morgan fingerprint density at radius 3 is 2.50 bits per heavy atom. The highest BCUT2D eigenvalue weighted by Crippen LogP contribution is 2.30. The highest BCUT2D eigenvalue weighted by molar-refractivity contribution is 5.59. The summed E-state index contributed by atoms with van der Waals surface area (Å²) in [6.45, 7) is 3.12. The molecule has 6 nitrogen and oxygen atoms in total. The van der Waals surface area contributed by atoms with Gasteiger partial charge in [0.25, 0.3) is 0 Å². The van der Waals surface area contributed by atoms with Crippen LogP contribution in [0.1, 0.15) is 18.4 Å². The maximum absolute atomic E-state index is 12.6. The van der Waals surface area contributed by atoms with Crippen LogP contribution in [0.2, 0.25) is 0 Å². The normalized spacial score (nSPS) is 16.6. The Balaban J connectivity index is 1.58. The van der Waals surface area contributed by atoms with Crippen molar-refractivity contribution in [2.24, 2.45) is 0 Å². The molecule has 1 saturated heterocycles. The number of aromatic nitrogens is 3. The molecule has 2 heterocycles. The van der Waals surface area contributed by atoms with Gasteiger partial charge in [0.15, 0.2) is 0 Å². The first-order chi connectivity index (χ1) is 12.4. The zero-order valence-corrected chi connectivity index (χ0v) is 14.1. The first-order valence-electron chi connectivity index (χ1n) is 8.43. The minimum Gasteiger partial charge on any atom is -0.393 e. The topological polar surface area (TPSA) is 74.2 Å². The molecule has 0 unspecified atom stereocenters. The fourth-order valence-corrected chi connectivity index (χ4v) is 2.82. The Kier molecular flexibility index (Phi) is 5.67.